The second kappa shape index (κ2) is 10.0. The monoisotopic (exact) mass is 316 g/mol. The number of ether oxygens (including phenoxy) is 1. The van der Waals surface area contributed by atoms with Crippen LogP contribution >= 0.6 is 0 Å². The summed E-state index contributed by atoms with van der Waals surface area (Å²) in [6, 6.07) is 3.69. The molecular weight excluding hydrogens is 276 g/mol. The summed E-state index contributed by atoms with van der Waals surface area (Å²) >= 11 is 0. The first-order valence-corrected chi connectivity index (χ1v) is 11.4. The highest BCUT2D eigenvalue weighted by atomic mass is 28.4. The van der Waals surface area contributed by atoms with Gasteiger partial charge in [0.25, 0.3) is 0 Å². The highest BCUT2D eigenvalue weighted by Crippen LogP contribution is 2.36. The minimum absolute atomic E-state index is 0.189. The second-order valence-electron chi connectivity index (χ2n) is 7.66. The lowest BCUT2D eigenvalue weighted by Crippen LogP contribution is -2.43. The Morgan fingerprint density at radius 1 is 0.810 bits per heavy atom. The molecule has 0 saturated carbocycles. The van der Waals surface area contributed by atoms with Gasteiger partial charge in [-0.05, 0) is 42.8 Å². The minimum Gasteiger partial charge on any atom is -0.416 e. The molecule has 0 aromatic carbocycles. The summed E-state index contributed by atoms with van der Waals surface area (Å²) < 4.78 is 12.3. The van der Waals surface area contributed by atoms with Gasteiger partial charge in [0, 0.05) is 19.1 Å². The zero-order valence-electron chi connectivity index (χ0n) is 15.9. The molecule has 0 aliphatic heterocycles. The number of rotatable bonds is 12. The van der Waals surface area contributed by atoms with Gasteiger partial charge in [0.05, 0.1) is 6.61 Å². The van der Waals surface area contributed by atoms with Gasteiger partial charge in [-0.3, -0.25) is 0 Å². The van der Waals surface area contributed by atoms with E-state index in [-0.39, 0.29) is 5.41 Å². The Bertz CT molecular complexity index is 242. The van der Waals surface area contributed by atoms with Gasteiger partial charge in [-0.25, -0.2) is 0 Å². The van der Waals surface area contributed by atoms with Crippen molar-refractivity contribution in [3.05, 3.63) is 0 Å². The Hall–Kier alpha value is 0.137. The van der Waals surface area contributed by atoms with Crippen molar-refractivity contribution in [1.29, 1.82) is 0 Å². The first-order chi connectivity index (χ1) is 9.78. The predicted molar refractivity (Wildman–Crippen MR) is 96.4 cm³/mol. The fourth-order valence-corrected chi connectivity index (χ4v) is 6.49. The summed E-state index contributed by atoms with van der Waals surface area (Å²) in [6.45, 7) is 17.9. The molecule has 0 rings (SSSR count). The van der Waals surface area contributed by atoms with Crippen LogP contribution in [0.1, 0.15) is 61.3 Å². The van der Waals surface area contributed by atoms with E-state index in [1.54, 1.807) is 0 Å². The molecule has 128 valence electrons. The minimum atomic E-state index is -1.51. The van der Waals surface area contributed by atoms with Crippen molar-refractivity contribution in [3.63, 3.8) is 0 Å². The van der Waals surface area contributed by atoms with Crippen LogP contribution in [-0.4, -0.2) is 28.6 Å². The number of methoxy groups -OCH3 is 1. The molecule has 0 spiro atoms. The lowest BCUT2D eigenvalue weighted by molar-refractivity contribution is 0.00443. The van der Waals surface area contributed by atoms with Crippen LogP contribution < -0.4 is 0 Å². The lowest BCUT2D eigenvalue weighted by Gasteiger charge is -2.40. The third-order valence-electron chi connectivity index (χ3n) is 4.75. The third kappa shape index (κ3) is 7.29. The first-order valence-electron chi connectivity index (χ1n) is 8.91. The summed E-state index contributed by atoms with van der Waals surface area (Å²) in [5.74, 6) is 1.37. The molecule has 0 saturated heterocycles. The molecule has 0 aromatic rings. The van der Waals surface area contributed by atoms with E-state index in [9.17, 15) is 0 Å². The Balaban J connectivity index is 5.08. The average Bonchev–Trinajstić information content (AvgIpc) is 2.39. The van der Waals surface area contributed by atoms with Crippen LogP contribution in [0, 0.1) is 17.3 Å². The van der Waals surface area contributed by atoms with Gasteiger partial charge in [0.1, 0.15) is 0 Å². The molecular formula is C18H40O2Si. The molecule has 0 unspecified atom stereocenters. The van der Waals surface area contributed by atoms with E-state index in [1.807, 2.05) is 7.11 Å². The Labute approximate surface area is 135 Å². The summed E-state index contributed by atoms with van der Waals surface area (Å²) in [4.78, 5) is 0. The topological polar surface area (TPSA) is 18.5 Å². The second-order valence-corrected chi connectivity index (χ2v) is 12.4. The molecule has 0 aromatic heterocycles. The summed E-state index contributed by atoms with van der Waals surface area (Å²) in [6.07, 6.45) is 2.39. The average molecular weight is 317 g/mol. The van der Waals surface area contributed by atoms with E-state index < -0.39 is 8.32 Å². The molecule has 2 nitrogen and oxygen atoms in total. The van der Waals surface area contributed by atoms with Gasteiger partial charge in [-0.2, -0.15) is 0 Å². The Morgan fingerprint density at radius 2 is 1.24 bits per heavy atom. The van der Waals surface area contributed by atoms with Gasteiger partial charge in [0.2, 0.25) is 0 Å². The van der Waals surface area contributed by atoms with Crippen molar-refractivity contribution >= 4 is 8.32 Å². The lowest BCUT2D eigenvalue weighted by atomic mass is 9.75. The smallest absolute Gasteiger partial charge is 0.192 e. The Kier molecular flexibility index (Phi) is 10.1. The third-order valence-corrected chi connectivity index (χ3v) is 9.37. The zero-order chi connectivity index (χ0) is 16.5. The van der Waals surface area contributed by atoms with Gasteiger partial charge in [0.15, 0.2) is 8.32 Å². The van der Waals surface area contributed by atoms with Gasteiger partial charge < -0.3 is 9.16 Å². The van der Waals surface area contributed by atoms with Crippen LogP contribution in [0.2, 0.25) is 18.1 Å². The molecule has 0 atom stereocenters. The molecule has 0 heterocycles. The number of hydrogen-bond donors (Lipinski definition) is 0. The summed E-state index contributed by atoms with van der Waals surface area (Å²) in [5.41, 5.74) is 0.189. The van der Waals surface area contributed by atoms with Crippen LogP contribution in [0.25, 0.3) is 0 Å². The van der Waals surface area contributed by atoms with Crippen LogP contribution in [0.4, 0.5) is 0 Å². The van der Waals surface area contributed by atoms with E-state index in [1.165, 1.54) is 31.0 Å². The van der Waals surface area contributed by atoms with Crippen LogP contribution in [-0.2, 0) is 9.16 Å². The molecule has 3 heteroatoms. The van der Waals surface area contributed by atoms with Crippen molar-refractivity contribution in [1.82, 2.24) is 0 Å². The summed E-state index contributed by atoms with van der Waals surface area (Å²) in [5, 5.41) is 0. The van der Waals surface area contributed by atoms with Crippen molar-refractivity contribution in [3.8, 4) is 0 Å². The SMILES string of the molecule is CC[Si](CC)(CC)OCC(COC)(CC(C)C)CC(C)C. The van der Waals surface area contributed by atoms with E-state index in [4.69, 9.17) is 9.16 Å². The van der Waals surface area contributed by atoms with Crippen molar-refractivity contribution in [2.45, 2.75) is 79.4 Å². The number of hydrogen-bond acceptors (Lipinski definition) is 2. The maximum Gasteiger partial charge on any atom is 0.192 e. The standard InChI is InChI=1S/C18H40O2Si/c1-9-21(10-2,11-3)20-15-18(14-19-8,12-16(4)5)13-17(6)7/h16-17H,9-15H2,1-8H3. The highest BCUT2D eigenvalue weighted by molar-refractivity contribution is 6.73. The van der Waals surface area contributed by atoms with E-state index in [0.717, 1.165) is 13.2 Å². The van der Waals surface area contributed by atoms with Gasteiger partial charge in [-0.1, -0.05) is 48.5 Å². The largest absolute Gasteiger partial charge is 0.416 e. The van der Waals surface area contributed by atoms with Gasteiger partial charge in [-0.15, -0.1) is 0 Å². The first kappa shape index (κ1) is 21.1. The summed E-state index contributed by atoms with van der Waals surface area (Å²) in [7, 11) is 0.319. The Morgan fingerprint density at radius 3 is 1.52 bits per heavy atom. The van der Waals surface area contributed by atoms with Crippen LogP contribution in [0.3, 0.4) is 0 Å². The zero-order valence-corrected chi connectivity index (χ0v) is 16.9. The fraction of sp³-hybridized carbons (Fsp3) is 1.00. The molecule has 0 bridgehead atoms. The molecule has 0 aliphatic rings. The van der Waals surface area contributed by atoms with Crippen LogP contribution in [0.15, 0.2) is 0 Å². The van der Waals surface area contributed by atoms with E-state index >= 15 is 0 Å². The van der Waals surface area contributed by atoms with Crippen LogP contribution in [0.5, 0.6) is 0 Å². The van der Waals surface area contributed by atoms with Crippen molar-refractivity contribution in [2.75, 3.05) is 20.3 Å². The maximum absolute atomic E-state index is 6.66. The van der Waals surface area contributed by atoms with Crippen molar-refractivity contribution < 1.29 is 9.16 Å². The highest BCUT2D eigenvalue weighted by Gasteiger charge is 2.37. The van der Waals surface area contributed by atoms with Gasteiger partial charge >= 0.3 is 0 Å². The van der Waals surface area contributed by atoms with Crippen molar-refractivity contribution in [2.24, 2.45) is 17.3 Å². The maximum atomic E-state index is 6.66. The molecule has 0 fully saturated rings. The quantitative estimate of drug-likeness (QED) is 0.428. The molecule has 0 N–H and O–H groups in total. The molecule has 21 heavy (non-hydrogen) atoms. The van der Waals surface area contributed by atoms with E-state index in [2.05, 4.69) is 48.5 Å². The predicted octanol–water partition coefficient (Wildman–Crippen LogP) is 5.73. The molecule has 0 aliphatic carbocycles. The van der Waals surface area contributed by atoms with E-state index in [0.29, 0.717) is 11.8 Å². The fourth-order valence-electron chi connectivity index (χ4n) is 3.76. The molecule has 0 radical (unpaired) electrons. The molecule has 0 amide bonds. The normalized spacial score (nSPS) is 13.4.